The van der Waals surface area contributed by atoms with Gasteiger partial charge in [-0.05, 0) is 50.5 Å². The average molecular weight is 355 g/mol. The third-order valence-electron chi connectivity index (χ3n) is 4.86. The molecule has 0 bridgehead atoms. The summed E-state index contributed by atoms with van der Waals surface area (Å²) in [6, 6.07) is 0. The second-order valence-corrected chi connectivity index (χ2v) is 7.60. The standard InChI is InChI=1S/C18H27ClN2O3/c1-10(2)9-14(22)13-5-7-21(8-6-13)18(24)15-11(3)16(19)12(4)20-17(15)23/h10,13-14,22H,5-9H2,1-4H3,(H,20,23)/t14-/m0/s1. The molecule has 2 N–H and O–H groups in total. The molecule has 1 amide bonds. The molecule has 2 heterocycles. The van der Waals surface area contributed by atoms with E-state index in [2.05, 4.69) is 18.8 Å². The van der Waals surface area contributed by atoms with E-state index in [1.807, 2.05) is 0 Å². The Bertz CT molecular complexity index is 661. The van der Waals surface area contributed by atoms with Gasteiger partial charge in [-0.3, -0.25) is 9.59 Å². The van der Waals surface area contributed by atoms with Gasteiger partial charge in [0.1, 0.15) is 5.56 Å². The highest BCUT2D eigenvalue weighted by atomic mass is 35.5. The number of nitrogens with one attached hydrogen (secondary N) is 1. The Morgan fingerprint density at radius 1 is 1.33 bits per heavy atom. The minimum atomic E-state index is -0.388. The van der Waals surface area contributed by atoms with Crippen molar-refractivity contribution in [3.8, 4) is 0 Å². The van der Waals surface area contributed by atoms with Gasteiger partial charge in [-0.1, -0.05) is 25.4 Å². The Morgan fingerprint density at radius 2 is 1.92 bits per heavy atom. The van der Waals surface area contributed by atoms with Crippen LogP contribution < -0.4 is 5.56 Å². The van der Waals surface area contributed by atoms with Crippen molar-refractivity contribution in [2.24, 2.45) is 11.8 Å². The van der Waals surface area contributed by atoms with Crippen molar-refractivity contribution in [2.45, 2.75) is 53.1 Å². The Labute approximate surface area is 148 Å². The summed E-state index contributed by atoms with van der Waals surface area (Å²) in [5.41, 5.74) is 0.851. The number of hydrogen-bond acceptors (Lipinski definition) is 3. The molecular weight excluding hydrogens is 328 g/mol. The summed E-state index contributed by atoms with van der Waals surface area (Å²) >= 11 is 6.18. The number of aromatic amines is 1. The van der Waals surface area contributed by atoms with Crippen molar-refractivity contribution in [3.63, 3.8) is 0 Å². The third kappa shape index (κ3) is 4.01. The van der Waals surface area contributed by atoms with Crippen LogP contribution in [0.3, 0.4) is 0 Å². The summed E-state index contributed by atoms with van der Waals surface area (Å²) in [6.45, 7) is 8.73. The van der Waals surface area contributed by atoms with Crippen LogP contribution in [0.1, 0.15) is 54.7 Å². The summed E-state index contributed by atoms with van der Waals surface area (Å²) in [7, 11) is 0. The summed E-state index contributed by atoms with van der Waals surface area (Å²) in [6.07, 6.45) is 1.98. The van der Waals surface area contributed by atoms with Crippen LogP contribution in [0.2, 0.25) is 5.02 Å². The molecule has 134 valence electrons. The first-order valence-electron chi connectivity index (χ1n) is 8.58. The zero-order valence-electron chi connectivity index (χ0n) is 14.9. The van der Waals surface area contributed by atoms with Crippen molar-refractivity contribution in [1.29, 1.82) is 0 Å². The lowest BCUT2D eigenvalue weighted by Crippen LogP contribution is -2.43. The highest BCUT2D eigenvalue weighted by Gasteiger charge is 2.30. The van der Waals surface area contributed by atoms with Gasteiger partial charge in [-0.25, -0.2) is 0 Å². The molecule has 0 aromatic carbocycles. The number of aromatic nitrogens is 1. The number of aryl methyl sites for hydroxylation is 1. The van der Waals surface area contributed by atoms with Crippen LogP contribution in [0.25, 0.3) is 0 Å². The predicted octanol–water partition coefficient (Wildman–Crippen LogP) is 2.90. The molecule has 1 atom stereocenters. The summed E-state index contributed by atoms with van der Waals surface area (Å²) in [5.74, 6) is 0.403. The molecule has 1 fully saturated rings. The molecule has 0 saturated carbocycles. The summed E-state index contributed by atoms with van der Waals surface area (Å²) in [5, 5.41) is 10.7. The van der Waals surface area contributed by atoms with Crippen molar-refractivity contribution in [3.05, 3.63) is 32.2 Å². The Hall–Kier alpha value is -1.33. The van der Waals surface area contributed by atoms with Gasteiger partial charge in [-0.15, -0.1) is 0 Å². The number of aliphatic hydroxyl groups excluding tert-OH is 1. The smallest absolute Gasteiger partial charge is 0.261 e. The molecule has 24 heavy (non-hydrogen) atoms. The molecule has 0 aliphatic carbocycles. The monoisotopic (exact) mass is 354 g/mol. The van der Waals surface area contributed by atoms with Gasteiger partial charge in [-0.2, -0.15) is 0 Å². The van der Waals surface area contributed by atoms with Gasteiger partial charge in [0, 0.05) is 18.8 Å². The summed E-state index contributed by atoms with van der Waals surface area (Å²) < 4.78 is 0. The van der Waals surface area contributed by atoms with Crippen LogP contribution in [-0.4, -0.2) is 40.1 Å². The van der Waals surface area contributed by atoms with E-state index in [1.54, 1.807) is 18.7 Å². The zero-order valence-corrected chi connectivity index (χ0v) is 15.6. The number of carbonyl (C=O) groups excluding carboxylic acids is 1. The van der Waals surface area contributed by atoms with Gasteiger partial charge >= 0.3 is 0 Å². The van der Waals surface area contributed by atoms with Crippen LogP contribution in [0.5, 0.6) is 0 Å². The molecule has 1 aliphatic heterocycles. The number of halogens is 1. The highest BCUT2D eigenvalue weighted by molar-refractivity contribution is 6.32. The van der Waals surface area contributed by atoms with Crippen molar-refractivity contribution < 1.29 is 9.90 Å². The van der Waals surface area contributed by atoms with E-state index < -0.39 is 0 Å². The molecular formula is C18H27ClN2O3. The van der Waals surface area contributed by atoms with Gasteiger partial charge < -0.3 is 15.0 Å². The van der Waals surface area contributed by atoms with Crippen molar-refractivity contribution in [2.75, 3.05) is 13.1 Å². The maximum Gasteiger partial charge on any atom is 0.261 e. The largest absolute Gasteiger partial charge is 0.393 e. The number of nitrogens with zero attached hydrogens (tertiary/aromatic N) is 1. The normalized spacial score (nSPS) is 17.4. The SMILES string of the molecule is Cc1[nH]c(=O)c(C(=O)N2CCC([C@@H](O)CC(C)C)CC2)c(C)c1Cl. The lowest BCUT2D eigenvalue weighted by atomic mass is 9.87. The minimum absolute atomic E-state index is 0.131. The lowest BCUT2D eigenvalue weighted by Gasteiger charge is -2.35. The van der Waals surface area contributed by atoms with Crippen molar-refractivity contribution >= 4 is 17.5 Å². The Morgan fingerprint density at radius 3 is 2.46 bits per heavy atom. The predicted molar refractivity (Wildman–Crippen MR) is 95.6 cm³/mol. The van der Waals surface area contributed by atoms with Crippen LogP contribution in [0.4, 0.5) is 0 Å². The number of H-pyrrole nitrogens is 1. The molecule has 2 rings (SSSR count). The Balaban J connectivity index is 2.09. The topological polar surface area (TPSA) is 73.4 Å². The van der Waals surface area contributed by atoms with E-state index in [1.165, 1.54) is 0 Å². The molecule has 5 nitrogen and oxygen atoms in total. The van der Waals surface area contributed by atoms with Gasteiger partial charge in [0.15, 0.2) is 0 Å². The number of carbonyl (C=O) groups is 1. The third-order valence-corrected chi connectivity index (χ3v) is 5.43. The minimum Gasteiger partial charge on any atom is -0.393 e. The van der Waals surface area contributed by atoms with Crippen LogP contribution in [0.15, 0.2) is 4.79 Å². The average Bonchev–Trinajstić information content (AvgIpc) is 2.52. The maximum atomic E-state index is 12.7. The van der Waals surface area contributed by atoms with Gasteiger partial charge in [0.25, 0.3) is 11.5 Å². The molecule has 1 aromatic heterocycles. The van der Waals surface area contributed by atoms with E-state index in [0.29, 0.717) is 35.3 Å². The van der Waals surface area contributed by atoms with Crippen molar-refractivity contribution in [1.82, 2.24) is 9.88 Å². The second-order valence-electron chi connectivity index (χ2n) is 7.22. The van der Waals surface area contributed by atoms with Gasteiger partial charge in [0.2, 0.25) is 0 Å². The number of amides is 1. The fourth-order valence-corrected chi connectivity index (χ4v) is 3.57. The van der Waals surface area contributed by atoms with Crippen LogP contribution >= 0.6 is 11.6 Å². The number of piperidine rings is 1. The first-order chi connectivity index (χ1) is 11.2. The van der Waals surface area contributed by atoms with E-state index in [0.717, 1.165) is 19.3 Å². The fourth-order valence-electron chi connectivity index (χ4n) is 3.43. The second kappa shape index (κ2) is 7.70. The molecule has 1 saturated heterocycles. The maximum absolute atomic E-state index is 12.7. The van der Waals surface area contributed by atoms with E-state index >= 15 is 0 Å². The quantitative estimate of drug-likeness (QED) is 0.873. The molecule has 6 heteroatoms. The molecule has 0 unspecified atom stereocenters. The van der Waals surface area contributed by atoms with E-state index in [4.69, 9.17) is 11.6 Å². The lowest BCUT2D eigenvalue weighted by molar-refractivity contribution is 0.0384. The van der Waals surface area contributed by atoms with Crippen LogP contribution in [0, 0.1) is 25.7 Å². The zero-order chi connectivity index (χ0) is 18.0. The molecule has 0 radical (unpaired) electrons. The fraction of sp³-hybridized carbons (Fsp3) is 0.667. The molecule has 1 aliphatic rings. The number of likely N-dealkylation sites (tertiary alicyclic amines) is 1. The molecule has 1 aromatic rings. The Kier molecular flexibility index (Phi) is 6.10. The first-order valence-corrected chi connectivity index (χ1v) is 8.96. The number of aliphatic hydroxyl groups is 1. The summed E-state index contributed by atoms with van der Waals surface area (Å²) in [4.78, 5) is 29.3. The first kappa shape index (κ1) is 19.0. The highest BCUT2D eigenvalue weighted by Crippen LogP contribution is 2.26. The molecule has 0 spiro atoms. The number of pyridine rings is 1. The van der Waals surface area contributed by atoms with E-state index in [9.17, 15) is 14.7 Å². The number of rotatable bonds is 4. The number of hydrogen-bond donors (Lipinski definition) is 2. The van der Waals surface area contributed by atoms with Crippen LogP contribution in [-0.2, 0) is 0 Å². The van der Waals surface area contributed by atoms with Gasteiger partial charge in [0.05, 0.1) is 11.1 Å². The van der Waals surface area contributed by atoms with E-state index in [-0.39, 0.29) is 29.1 Å².